The number of nitrogens with one attached hydrogen (secondary N) is 2. The molecule has 34 heavy (non-hydrogen) atoms. The van der Waals surface area contributed by atoms with Crippen molar-refractivity contribution in [1.82, 2.24) is 4.57 Å². The standard InChI is InChI=1S/C24H21ClFN3O5/c1-34-12-17-21(23(32)27-14-4-2-13(25)3-5-14)22(17)24(33)28-19-7-6-15(10-18(19)26)29-9-8-16(30)11-20(29)31/h2-11,17,21-22,30H,12H2,1H3,(H,27,32)(H,28,33)/t17-,21-,22+/m0/s1. The Hall–Kier alpha value is -3.69. The van der Waals surface area contributed by atoms with E-state index in [-0.39, 0.29) is 35.6 Å². The summed E-state index contributed by atoms with van der Waals surface area (Å²) in [7, 11) is 1.48. The molecule has 10 heteroatoms. The molecule has 8 nitrogen and oxygen atoms in total. The number of pyridine rings is 1. The maximum Gasteiger partial charge on any atom is 0.258 e. The number of methoxy groups -OCH3 is 1. The van der Waals surface area contributed by atoms with Crippen LogP contribution >= 0.6 is 11.6 Å². The van der Waals surface area contributed by atoms with Gasteiger partial charge in [-0.05, 0) is 42.5 Å². The Labute approximate surface area is 198 Å². The Morgan fingerprint density at radius 3 is 2.35 bits per heavy atom. The summed E-state index contributed by atoms with van der Waals surface area (Å²) in [5.41, 5.74) is 0.152. The van der Waals surface area contributed by atoms with Gasteiger partial charge in [-0.1, -0.05) is 11.6 Å². The Kier molecular flexibility index (Phi) is 6.67. The van der Waals surface area contributed by atoms with Crippen molar-refractivity contribution >= 4 is 34.8 Å². The fourth-order valence-electron chi connectivity index (χ4n) is 3.90. The first kappa shape index (κ1) is 23.5. The van der Waals surface area contributed by atoms with Gasteiger partial charge in [-0.3, -0.25) is 19.0 Å². The molecule has 1 saturated carbocycles. The normalized spacial score (nSPS) is 18.9. The number of ether oxygens (including phenoxy) is 1. The third-order valence-electron chi connectivity index (χ3n) is 5.64. The van der Waals surface area contributed by atoms with Crippen LogP contribution in [-0.2, 0) is 14.3 Å². The molecule has 0 unspecified atom stereocenters. The molecule has 3 aromatic rings. The molecule has 1 aliphatic rings. The van der Waals surface area contributed by atoms with Crippen LogP contribution in [0.25, 0.3) is 5.69 Å². The molecule has 1 heterocycles. The van der Waals surface area contributed by atoms with Gasteiger partial charge in [0.1, 0.15) is 11.6 Å². The maximum absolute atomic E-state index is 14.7. The third kappa shape index (κ3) is 4.95. The van der Waals surface area contributed by atoms with Crippen LogP contribution in [0.4, 0.5) is 15.8 Å². The SMILES string of the molecule is COC[C@@H]1[C@@H](C(=O)Nc2ccc(-n3ccc(O)cc3=O)cc2F)[C@H]1C(=O)Nc1ccc(Cl)cc1. The molecule has 0 aliphatic heterocycles. The molecular formula is C24H21ClFN3O5. The van der Waals surface area contributed by atoms with E-state index in [1.807, 2.05) is 0 Å². The first-order chi connectivity index (χ1) is 16.3. The van der Waals surface area contributed by atoms with Crippen molar-refractivity contribution in [3.63, 3.8) is 0 Å². The van der Waals surface area contributed by atoms with E-state index in [9.17, 15) is 23.9 Å². The highest BCUT2D eigenvalue weighted by Crippen LogP contribution is 2.48. The van der Waals surface area contributed by atoms with Crippen LogP contribution in [0.1, 0.15) is 0 Å². The summed E-state index contributed by atoms with van der Waals surface area (Å²) in [6, 6.07) is 12.8. The second kappa shape index (κ2) is 9.66. The molecule has 0 saturated heterocycles. The first-order valence-electron chi connectivity index (χ1n) is 10.4. The predicted molar refractivity (Wildman–Crippen MR) is 125 cm³/mol. The zero-order valence-electron chi connectivity index (χ0n) is 18.0. The van der Waals surface area contributed by atoms with Crippen LogP contribution in [0.5, 0.6) is 5.75 Å². The number of benzene rings is 2. The number of aromatic hydroxyl groups is 1. The van der Waals surface area contributed by atoms with Gasteiger partial charge in [-0.25, -0.2) is 4.39 Å². The van der Waals surface area contributed by atoms with E-state index >= 15 is 0 Å². The Morgan fingerprint density at radius 1 is 1.06 bits per heavy atom. The molecule has 3 N–H and O–H groups in total. The van der Waals surface area contributed by atoms with Gasteiger partial charge in [-0.15, -0.1) is 0 Å². The molecule has 1 aliphatic carbocycles. The molecule has 0 radical (unpaired) electrons. The van der Waals surface area contributed by atoms with Gasteiger partial charge in [0.25, 0.3) is 5.56 Å². The van der Waals surface area contributed by atoms with E-state index in [2.05, 4.69) is 10.6 Å². The number of aromatic nitrogens is 1. The van der Waals surface area contributed by atoms with Crippen LogP contribution in [0.15, 0.2) is 65.6 Å². The fraction of sp³-hybridized carbons (Fsp3) is 0.208. The van der Waals surface area contributed by atoms with E-state index in [1.54, 1.807) is 24.3 Å². The van der Waals surface area contributed by atoms with Gasteiger partial charge < -0.3 is 20.5 Å². The second-order valence-electron chi connectivity index (χ2n) is 7.91. The molecule has 1 aromatic heterocycles. The molecule has 0 bridgehead atoms. The quantitative estimate of drug-likeness (QED) is 0.475. The lowest BCUT2D eigenvalue weighted by Crippen LogP contribution is -2.21. The number of hydrogen-bond donors (Lipinski definition) is 3. The van der Waals surface area contributed by atoms with Crippen molar-refractivity contribution in [3.05, 3.63) is 82.0 Å². The summed E-state index contributed by atoms with van der Waals surface area (Å²) in [5, 5.41) is 15.2. The zero-order valence-corrected chi connectivity index (χ0v) is 18.8. The average molecular weight is 486 g/mol. The molecule has 1 fully saturated rings. The van der Waals surface area contributed by atoms with E-state index in [0.29, 0.717) is 10.7 Å². The van der Waals surface area contributed by atoms with Gasteiger partial charge in [0, 0.05) is 42.1 Å². The lowest BCUT2D eigenvalue weighted by atomic mass is 10.2. The Bertz CT molecular complexity index is 1290. The highest BCUT2D eigenvalue weighted by atomic mass is 35.5. The largest absolute Gasteiger partial charge is 0.508 e. The number of amides is 2. The number of hydrogen-bond acceptors (Lipinski definition) is 5. The fourth-order valence-corrected chi connectivity index (χ4v) is 4.03. The van der Waals surface area contributed by atoms with Gasteiger partial charge in [0.05, 0.1) is 29.8 Å². The van der Waals surface area contributed by atoms with Crippen molar-refractivity contribution < 1.29 is 23.8 Å². The summed E-state index contributed by atoms with van der Waals surface area (Å²) in [4.78, 5) is 37.6. The average Bonchev–Trinajstić information content (AvgIpc) is 3.51. The molecular weight excluding hydrogens is 465 g/mol. The Morgan fingerprint density at radius 2 is 1.74 bits per heavy atom. The minimum Gasteiger partial charge on any atom is -0.508 e. The number of carbonyl (C=O) groups is 2. The molecule has 4 rings (SSSR count). The highest BCUT2D eigenvalue weighted by Gasteiger charge is 2.58. The number of rotatable bonds is 7. The van der Waals surface area contributed by atoms with E-state index in [4.69, 9.17) is 16.3 Å². The minimum atomic E-state index is -0.753. The maximum atomic E-state index is 14.7. The van der Waals surface area contributed by atoms with E-state index in [0.717, 1.165) is 16.7 Å². The lowest BCUT2D eigenvalue weighted by Gasteiger charge is -2.10. The summed E-state index contributed by atoms with van der Waals surface area (Å²) < 4.78 is 21.0. The summed E-state index contributed by atoms with van der Waals surface area (Å²) in [5.74, 6) is -3.47. The van der Waals surface area contributed by atoms with Crippen LogP contribution in [0.3, 0.4) is 0 Å². The Balaban J connectivity index is 1.47. The summed E-state index contributed by atoms with van der Waals surface area (Å²) in [6.45, 7) is 0.196. The smallest absolute Gasteiger partial charge is 0.258 e. The zero-order chi connectivity index (χ0) is 24.4. The topological polar surface area (TPSA) is 110 Å². The van der Waals surface area contributed by atoms with Gasteiger partial charge in [0.2, 0.25) is 11.8 Å². The van der Waals surface area contributed by atoms with E-state index in [1.165, 1.54) is 31.5 Å². The lowest BCUT2D eigenvalue weighted by molar-refractivity contribution is -0.122. The van der Waals surface area contributed by atoms with Crippen molar-refractivity contribution in [2.45, 2.75) is 0 Å². The second-order valence-corrected chi connectivity index (χ2v) is 8.35. The van der Waals surface area contributed by atoms with Crippen molar-refractivity contribution in [3.8, 4) is 11.4 Å². The molecule has 3 atom stereocenters. The number of nitrogens with zero attached hydrogens (tertiary/aromatic N) is 1. The van der Waals surface area contributed by atoms with Crippen LogP contribution in [-0.4, -0.2) is 35.2 Å². The van der Waals surface area contributed by atoms with E-state index < -0.39 is 29.1 Å². The van der Waals surface area contributed by atoms with Gasteiger partial charge >= 0.3 is 0 Å². The molecule has 2 aromatic carbocycles. The molecule has 0 spiro atoms. The van der Waals surface area contributed by atoms with Gasteiger partial charge in [0.15, 0.2) is 0 Å². The van der Waals surface area contributed by atoms with Crippen molar-refractivity contribution in [1.29, 1.82) is 0 Å². The highest BCUT2D eigenvalue weighted by molar-refractivity contribution is 6.30. The van der Waals surface area contributed by atoms with Crippen LogP contribution < -0.4 is 16.2 Å². The molecule has 2 amide bonds. The summed E-state index contributed by atoms with van der Waals surface area (Å²) in [6.07, 6.45) is 1.31. The van der Waals surface area contributed by atoms with Crippen LogP contribution in [0.2, 0.25) is 5.02 Å². The number of anilines is 2. The number of halogens is 2. The van der Waals surface area contributed by atoms with Crippen molar-refractivity contribution in [2.24, 2.45) is 17.8 Å². The minimum absolute atomic E-state index is 0.0829. The first-order valence-corrected chi connectivity index (χ1v) is 10.7. The molecule has 176 valence electrons. The third-order valence-corrected chi connectivity index (χ3v) is 5.89. The summed E-state index contributed by atoms with van der Waals surface area (Å²) >= 11 is 5.86. The van der Waals surface area contributed by atoms with Crippen LogP contribution in [0, 0.1) is 23.6 Å². The van der Waals surface area contributed by atoms with Gasteiger partial charge in [-0.2, -0.15) is 0 Å². The van der Waals surface area contributed by atoms with Crippen molar-refractivity contribution in [2.75, 3.05) is 24.4 Å². The predicted octanol–water partition coefficient (Wildman–Crippen LogP) is 3.42. The number of carbonyl (C=O) groups excluding carboxylic acids is 2. The monoisotopic (exact) mass is 485 g/mol.